The van der Waals surface area contributed by atoms with Gasteiger partial charge in [-0.05, 0) is 50.4 Å². The van der Waals surface area contributed by atoms with Crippen LogP contribution in [0.4, 0.5) is 0 Å². The molecule has 17 heavy (non-hydrogen) atoms. The van der Waals surface area contributed by atoms with Crippen molar-refractivity contribution >= 4 is 5.91 Å². The van der Waals surface area contributed by atoms with Crippen LogP contribution in [0, 0.1) is 17.8 Å². The van der Waals surface area contributed by atoms with E-state index in [4.69, 9.17) is 0 Å². The number of carbonyl (C=O) groups is 1. The summed E-state index contributed by atoms with van der Waals surface area (Å²) in [4.78, 5) is 11.7. The second-order valence-corrected chi connectivity index (χ2v) is 5.93. The summed E-state index contributed by atoms with van der Waals surface area (Å²) in [5.41, 5.74) is 0. The molecule has 0 aromatic rings. The normalized spacial score (nSPS) is 32.7. The Bertz CT molecular complexity index is 267. The lowest BCUT2D eigenvalue weighted by atomic mass is 9.89. The molecule has 0 saturated heterocycles. The first kappa shape index (κ1) is 12.9. The number of nitrogens with one attached hydrogen (secondary N) is 2. The summed E-state index contributed by atoms with van der Waals surface area (Å²) < 4.78 is 0. The second-order valence-electron chi connectivity index (χ2n) is 5.93. The third-order valence-corrected chi connectivity index (χ3v) is 4.67. The molecule has 98 valence electrons. The van der Waals surface area contributed by atoms with Crippen LogP contribution in [-0.4, -0.2) is 25.0 Å². The van der Waals surface area contributed by atoms with Gasteiger partial charge in [0.05, 0.1) is 6.54 Å². The van der Waals surface area contributed by atoms with E-state index in [1.807, 2.05) is 0 Å². The van der Waals surface area contributed by atoms with Crippen LogP contribution >= 0.6 is 0 Å². The molecule has 2 aliphatic carbocycles. The first-order valence-corrected chi connectivity index (χ1v) is 7.19. The summed E-state index contributed by atoms with van der Waals surface area (Å²) in [7, 11) is 0. The Morgan fingerprint density at radius 1 is 1.35 bits per heavy atom. The Morgan fingerprint density at radius 3 is 2.76 bits per heavy atom. The quantitative estimate of drug-likeness (QED) is 0.742. The fourth-order valence-electron chi connectivity index (χ4n) is 3.35. The molecule has 2 N–H and O–H groups in total. The Kier molecular flexibility index (Phi) is 4.43. The summed E-state index contributed by atoms with van der Waals surface area (Å²) in [6.07, 6.45) is 6.68. The monoisotopic (exact) mass is 238 g/mol. The molecule has 4 atom stereocenters. The van der Waals surface area contributed by atoms with Gasteiger partial charge in [0.15, 0.2) is 0 Å². The molecule has 0 aliphatic heterocycles. The third-order valence-electron chi connectivity index (χ3n) is 4.67. The zero-order valence-corrected chi connectivity index (χ0v) is 11.2. The van der Waals surface area contributed by atoms with Gasteiger partial charge in [0, 0.05) is 12.6 Å². The Hall–Kier alpha value is -0.570. The molecule has 2 saturated carbocycles. The van der Waals surface area contributed by atoms with Gasteiger partial charge in [-0.1, -0.05) is 13.3 Å². The molecular formula is C14H26N2O. The zero-order chi connectivity index (χ0) is 12.3. The van der Waals surface area contributed by atoms with Crippen molar-refractivity contribution in [3.05, 3.63) is 0 Å². The Morgan fingerprint density at radius 2 is 2.18 bits per heavy atom. The Balaban J connectivity index is 1.60. The van der Waals surface area contributed by atoms with E-state index >= 15 is 0 Å². The average molecular weight is 238 g/mol. The fraction of sp³-hybridized carbons (Fsp3) is 0.929. The van der Waals surface area contributed by atoms with E-state index in [2.05, 4.69) is 24.5 Å². The third kappa shape index (κ3) is 3.44. The van der Waals surface area contributed by atoms with Crippen molar-refractivity contribution in [2.45, 2.75) is 52.0 Å². The van der Waals surface area contributed by atoms with Crippen molar-refractivity contribution in [2.24, 2.45) is 17.8 Å². The number of rotatable bonds is 6. The van der Waals surface area contributed by atoms with Gasteiger partial charge in [-0.2, -0.15) is 0 Å². The number of hydrogen-bond acceptors (Lipinski definition) is 2. The number of amides is 1. The minimum Gasteiger partial charge on any atom is -0.355 e. The Labute approximate surface area is 105 Å². The molecule has 0 radical (unpaired) electrons. The predicted molar refractivity (Wildman–Crippen MR) is 69.7 cm³/mol. The first-order valence-electron chi connectivity index (χ1n) is 7.19. The lowest BCUT2D eigenvalue weighted by molar-refractivity contribution is -0.120. The minimum absolute atomic E-state index is 0.160. The van der Waals surface area contributed by atoms with Crippen LogP contribution in [0.3, 0.4) is 0 Å². The van der Waals surface area contributed by atoms with Gasteiger partial charge < -0.3 is 10.6 Å². The van der Waals surface area contributed by atoms with Crippen molar-refractivity contribution in [1.82, 2.24) is 10.6 Å². The van der Waals surface area contributed by atoms with Gasteiger partial charge in [0.2, 0.25) is 5.91 Å². The van der Waals surface area contributed by atoms with E-state index in [0.717, 1.165) is 30.7 Å². The maximum atomic E-state index is 11.7. The average Bonchev–Trinajstić information content (AvgIpc) is 2.95. The molecule has 0 heterocycles. The van der Waals surface area contributed by atoms with Crippen molar-refractivity contribution in [3.8, 4) is 0 Å². The van der Waals surface area contributed by atoms with Crippen molar-refractivity contribution in [3.63, 3.8) is 0 Å². The van der Waals surface area contributed by atoms with Crippen LogP contribution in [0.2, 0.25) is 0 Å². The minimum atomic E-state index is 0.160. The summed E-state index contributed by atoms with van der Waals surface area (Å²) in [5, 5.41) is 6.32. The topological polar surface area (TPSA) is 41.1 Å². The highest BCUT2D eigenvalue weighted by atomic mass is 16.1. The van der Waals surface area contributed by atoms with Gasteiger partial charge >= 0.3 is 0 Å². The highest BCUT2D eigenvalue weighted by Gasteiger charge is 2.39. The number of carbonyl (C=O) groups excluding carboxylic acids is 1. The summed E-state index contributed by atoms with van der Waals surface area (Å²) in [6, 6.07) is 0.434. The predicted octanol–water partition coefficient (Wildman–Crippen LogP) is 1.93. The highest BCUT2D eigenvalue weighted by molar-refractivity contribution is 5.78. The highest BCUT2D eigenvalue weighted by Crippen LogP contribution is 2.47. The van der Waals surface area contributed by atoms with Crippen molar-refractivity contribution in [1.29, 1.82) is 0 Å². The van der Waals surface area contributed by atoms with Crippen LogP contribution in [0.25, 0.3) is 0 Å². The second kappa shape index (κ2) is 5.85. The first-order chi connectivity index (χ1) is 8.19. The van der Waals surface area contributed by atoms with Crippen LogP contribution < -0.4 is 10.6 Å². The van der Waals surface area contributed by atoms with E-state index in [1.54, 1.807) is 0 Å². The van der Waals surface area contributed by atoms with E-state index < -0.39 is 0 Å². The molecule has 2 rings (SSSR count). The van der Waals surface area contributed by atoms with Gasteiger partial charge in [-0.3, -0.25) is 4.79 Å². The molecule has 4 unspecified atom stereocenters. The lowest BCUT2D eigenvalue weighted by Crippen LogP contribution is -2.40. The molecule has 2 bridgehead atoms. The number of hydrogen-bond donors (Lipinski definition) is 2. The van der Waals surface area contributed by atoms with Crippen LogP contribution in [0.5, 0.6) is 0 Å². The lowest BCUT2D eigenvalue weighted by Gasteiger charge is -2.22. The van der Waals surface area contributed by atoms with Crippen LogP contribution in [0.15, 0.2) is 0 Å². The molecule has 2 aliphatic rings. The van der Waals surface area contributed by atoms with Crippen LogP contribution in [0.1, 0.15) is 46.0 Å². The molecule has 2 fully saturated rings. The van der Waals surface area contributed by atoms with Gasteiger partial charge in [0.25, 0.3) is 0 Å². The van der Waals surface area contributed by atoms with Crippen molar-refractivity contribution in [2.75, 3.05) is 13.1 Å². The molecule has 1 amide bonds. The van der Waals surface area contributed by atoms with E-state index in [1.165, 1.54) is 25.7 Å². The largest absolute Gasteiger partial charge is 0.355 e. The van der Waals surface area contributed by atoms with Gasteiger partial charge in [-0.25, -0.2) is 0 Å². The maximum absolute atomic E-state index is 11.7. The van der Waals surface area contributed by atoms with Crippen LogP contribution in [-0.2, 0) is 4.79 Å². The molecule has 0 spiro atoms. The fourth-order valence-corrected chi connectivity index (χ4v) is 3.35. The molecule has 3 heteroatoms. The molecule has 3 nitrogen and oxygen atoms in total. The van der Waals surface area contributed by atoms with Crippen molar-refractivity contribution < 1.29 is 4.79 Å². The molecular weight excluding hydrogens is 212 g/mol. The van der Waals surface area contributed by atoms with E-state index in [-0.39, 0.29) is 5.91 Å². The van der Waals surface area contributed by atoms with E-state index in [0.29, 0.717) is 12.6 Å². The standard InChI is InChI=1S/C14H26N2O/c1-3-10(2)15-9-14(17)16-8-13-7-11-4-5-12(13)6-11/h10-13,15H,3-9H2,1-2H3,(H,16,17). The summed E-state index contributed by atoms with van der Waals surface area (Å²) >= 11 is 0. The number of fused-ring (bicyclic) bond motifs is 2. The van der Waals surface area contributed by atoms with Gasteiger partial charge in [-0.15, -0.1) is 0 Å². The summed E-state index contributed by atoms with van der Waals surface area (Å²) in [5.74, 6) is 2.80. The SMILES string of the molecule is CCC(C)NCC(=O)NCC1CC2CCC1C2. The summed E-state index contributed by atoms with van der Waals surface area (Å²) in [6.45, 7) is 5.62. The molecule has 0 aromatic heterocycles. The maximum Gasteiger partial charge on any atom is 0.233 e. The molecule has 0 aromatic carbocycles. The smallest absolute Gasteiger partial charge is 0.233 e. The van der Waals surface area contributed by atoms with E-state index in [9.17, 15) is 4.79 Å². The zero-order valence-electron chi connectivity index (χ0n) is 11.2. The van der Waals surface area contributed by atoms with Gasteiger partial charge in [0.1, 0.15) is 0 Å².